The normalized spacial score (nSPS) is 15.8. The maximum absolute atomic E-state index is 13.0. The highest BCUT2D eigenvalue weighted by Gasteiger charge is 2.29. The van der Waals surface area contributed by atoms with Crippen LogP contribution in [0.5, 0.6) is 0 Å². The molecule has 0 aliphatic carbocycles. The second-order valence-corrected chi connectivity index (χ2v) is 8.95. The van der Waals surface area contributed by atoms with Gasteiger partial charge in [0.15, 0.2) is 0 Å². The van der Waals surface area contributed by atoms with E-state index >= 15 is 0 Å². The lowest BCUT2D eigenvalue weighted by Gasteiger charge is -2.26. The minimum Gasteiger partial charge on any atom is -0.295 e. The number of fused-ring (bicyclic) bond motifs is 2. The summed E-state index contributed by atoms with van der Waals surface area (Å²) in [6, 6.07) is 6.87. The average Bonchev–Trinajstić information content (AvgIpc) is 3.13. The fourth-order valence-corrected chi connectivity index (χ4v) is 5.55. The summed E-state index contributed by atoms with van der Waals surface area (Å²) >= 11 is 1.68. The maximum Gasteiger partial charge on any atom is 0.328 e. The number of sulfonamides is 1. The highest BCUT2D eigenvalue weighted by molar-refractivity contribution is 7.89. The van der Waals surface area contributed by atoms with Crippen LogP contribution in [0.2, 0.25) is 0 Å². The monoisotopic (exact) mass is 363 g/mol. The van der Waals surface area contributed by atoms with Crippen molar-refractivity contribution < 1.29 is 8.42 Å². The first-order valence-corrected chi connectivity index (χ1v) is 9.92. The molecular formula is C16H17N3O3S2. The maximum atomic E-state index is 13.0. The Kier molecular flexibility index (Phi) is 3.45. The molecule has 0 unspecified atom stereocenters. The summed E-state index contributed by atoms with van der Waals surface area (Å²) in [6.07, 6.45) is 0.748. The van der Waals surface area contributed by atoms with Crippen molar-refractivity contribution in [3.8, 4) is 0 Å². The molecule has 1 aliphatic heterocycles. The molecule has 0 fully saturated rings. The Hall–Kier alpha value is -1.90. The molecule has 1 aliphatic rings. The number of benzene rings is 1. The van der Waals surface area contributed by atoms with Crippen molar-refractivity contribution >= 4 is 32.4 Å². The topological polar surface area (TPSA) is 64.3 Å². The van der Waals surface area contributed by atoms with Crippen LogP contribution in [0.15, 0.2) is 39.3 Å². The van der Waals surface area contributed by atoms with E-state index in [4.69, 9.17) is 0 Å². The van der Waals surface area contributed by atoms with Crippen LogP contribution in [-0.2, 0) is 37.1 Å². The Bertz CT molecular complexity index is 1110. The van der Waals surface area contributed by atoms with E-state index in [1.165, 1.54) is 18.3 Å². The number of rotatable bonds is 2. The van der Waals surface area contributed by atoms with E-state index in [2.05, 4.69) is 0 Å². The van der Waals surface area contributed by atoms with Crippen molar-refractivity contribution in [1.82, 2.24) is 13.4 Å². The molecule has 126 valence electrons. The summed E-state index contributed by atoms with van der Waals surface area (Å²) in [5.74, 6) is 0. The predicted octanol–water partition coefficient (Wildman–Crippen LogP) is 1.69. The molecule has 3 heterocycles. The summed E-state index contributed by atoms with van der Waals surface area (Å²) in [5.41, 5.74) is 2.26. The average molecular weight is 363 g/mol. The van der Waals surface area contributed by atoms with Gasteiger partial charge < -0.3 is 0 Å². The van der Waals surface area contributed by atoms with Gasteiger partial charge in [0.2, 0.25) is 10.0 Å². The van der Waals surface area contributed by atoms with Gasteiger partial charge in [-0.1, -0.05) is 0 Å². The van der Waals surface area contributed by atoms with Gasteiger partial charge in [-0.25, -0.2) is 13.2 Å². The summed E-state index contributed by atoms with van der Waals surface area (Å²) in [5, 5.41) is 2.01. The van der Waals surface area contributed by atoms with E-state index in [9.17, 15) is 13.2 Å². The number of nitrogens with zero attached hydrogens (tertiary/aromatic N) is 3. The van der Waals surface area contributed by atoms with E-state index in [0.29, 0.717) is 18.6 Å². The number of imidazole rings is 1. The van der Waals surface area contributed by atoms with Crippen LogP contribution < -0.4 is 5.69 Å². The SMILES string of the molecule is Cn1c(=O)n(C)c2cc(S(=O)(=O)N3CCc4sccc4C3)ccc21. The summed E-state index contributed by atoms with van der Waals surface area (Å²) in [4.78, 5) is 13.5. The third kappa shape index (κ3) is 2.17. The first kappa shape index (κ1) is 15.6. The third-order valence-corrected chi connectivity index (χ3v) is 7.52. The fraction of sp³-hybridized carbons (Fsp3) is 0.312. The molecule has 0 radical (unpaired) electrons. The van der Waals surface area contributed by atoms with E-state index in [1.807, 2.05) is 11.4 Å². The minimum absolute atomic E-state index is 0.166. The largest absolute Gasteiger partial charge is 0.328 e. The van der Waals surface area contributed by atoms with Crippen LogP contribution in [-0.4, -0.2) is 28.4 Å². The quantitative estimate of drug-likeness (QED) is 0.696. The number of thiophene rings is 1. The molecule has 24 heavy (non-hydrogen) atoms. The molecule has 0 atom stereocenters. The Balaban J connectivity index is 1.79. The van der Waals surface area contributed by atoms with Gasteiger partial charge in [0.25, 0.3) is 0 Å². The molecule has 0 saturated carbocycles. The molecule has 3 aromatic rings. The van der Waals surface area contributed by atoms with Gasteiger partial charge in [0.1, 0.15) is 0 Å². The zero-order chi connectivity index (χ0) is 17.1. The lowest BCUT2D eigenvalue weighted by molar-refractivity contribution is 0.394. The second kappa shape index (κ2) is 5.30. The molecule has 4 rings (SSSR count). The predicted molar refractivity (Wildman–Crippen MR) is 93.8 cm³/mol. The number of aryl methyl sites for hydroxylation is 2. The molecular weight excluding hydrogens is 346 g/mol. The van der Waals surface area contributed by atoms with Gasteiger partial charge in [-0.2, -0.15) is 4.31 Å². The van der Waals surface area contributed by atoms with Crippen molar-refractivity contribution in [2.75, 3.05) is 6.54 Å². The molecule has 6 nitrogen and oxygen atoms in total. The van der Waals surface area contributed by atoms with Crippen LogP contribution in [0, 0.1) is 0 Å². The van der Waals surface area contributed by atoms with E-state index in [0.717, 1.165) is 17.5 Å². The van der Waals surface area contributed by atoms with E-state index in [-0.39, 0.29) is 10.6 Å². The van der Waals surface area contributed by atoms with Gasteiger partial charge >= 0.3 is 5.69 Å². The van der Waals surface area contributed by atoms with Crippen molar-refractivity contribution in [3.05, 3.63) is 50.6 Å². The molecule has 2 aromatic heterocycles. The zero-order valence-corrected chi connectivity index (χ0v) is 15.0. The molecule has 0 bridgehead atoms. The van der Waals surface area contributed by atoms with Gasteiger partial charge in [-0.3, -0.25) is 9.13 Å². The molecule has 0 N–H and O–H groups in total. The van der Waals surface area contributed by atoms with Crippen LogP contribution in [0.3, 0.4) is 0 Å². The van der Waals surface area contributed by atoms with E-state index in [1.54, 1.807) is 43.6 Å². The van der Waals surface area contributed by atoms with Crippen LogP contribution in [0.25, 0.3) is 11.0 Å². The van der Waals surface area contributed by atoms with Crippen molar-refractivity contribution in [2.24, 2.45) is 14.1 Å². The molecule has 0 spiro atoms. The van der Waals surface area contributed by atoms with Crippen molar-refractivity contribution in [1.29, 1.82) is 0 Å². The standard InChI is InChI=1S/C16H17N3O3S2/c1-17-13-4-3-12(9-14(13)18(2)16(17)20)24(21,22)19-7-5-15-11(10-19)6-8-23-15/h3-4,6,8-9H,5,7,10H2,1-2H3. The smallest absolute Gasteiger partial charge is 0.295 e. The zero-order valence-electron chi connectivity index (χ0n) is 13.4. The van der Waals surface area contributed by atoms with Gasteiger partial charge in [0, 0.05) is 32.1 Å². The van der Waals surface area contributed by atoms with Gasteiger partial charge in [0.05, 0.1) is 15.9 Å². The lowest BCUT2D eigenvalue weighted by atomic mass is 10.1. The third-order valence-electron chi connectivity index (χ3n) is 4.65. The molecule has 0 saturated heterocycles. The lowest BCUT2D eigenvalue weighted by Crippen LogP contribution is -2.35. The van der Waals surface area contributed by atoms with Gasteiger partial charge in [-0.15, -0.1) is 11.3 Å². The number of aromatic nitrogens is 2. The Labute approximate surface area is 143 Å². The van der Waals surface area contributed by atoms with Gasteiger partial charge in [-0.05, 0) is 41.6 Å². The fourth-order valence-electron chi connectivity index (χ4n) is 3.22. The van der Waals surface area contributed by atoms with Crippen molar-refractivity contribution in [3.63, 3.8) is 0 Å². The first-order valence-electron chi connectivity index (χ1n) is 7.60. The first-order chi connectivity index (χ1) is 11.4. The van der Waals surface area contributed by atoms with E-state index < -0.39 is 10.0 Å². The highest BCUT2D eigenvalue weighted by Crippen LogP contribution is 2.29. The van der Waals surface area contributed by atoms with Crippen LogP contribution in [0.1, 0.15) is 10.4 Å². The minimum atomic E-state index is -3.58. The molecule has 1 aromatic carbocycles. The highest BCUT2D eigenvalue weighted by atomic mass is 32.2. The van der Waals surface area contributed by atoms with Crippen LogP contribution in [0.4, 0.5) is 0 Å². The Morgan fingerprint density at radius 1 is 1.08 bits per heavy atom. The summed E-state index contributed by atoms with van der Waals surface area (Å²) in [7, 11) is -0.247. The van der Waals surface area contributed by atoms with Crippen LogP contribution >= 0.6 is 11.3 Å². The molecule has 8 heteroatoms. The Morgan fingerprint density at radius 3 is 2.62 bits per heavy atom. The number of hydrogen-bond donors (Lipinski definition) is 0. The second-order valence-electron chi connectivity index (χ2n) is 6.01. The Morgan fingerprint density at radius 2 is 1.83 bits per heavy atom. The van der Waals surface area contributed by atoms with Crippen molar-refractivity contribution in [2.45, 2.75) is 17.9 Å². The summed E-state index contributed by atoms with van der Waals surface area (Å²) in [6.45, 7) is 0.897. The molecule has 0 amide bonds. The number of hydrogen-bond acceptors (Lipinski definition) is 4. The summed E-state index contributed by atoms with van der Waals surface area (Å²) < 4.78 is 30.5.